The molecule has 16 heavy (non-hydrogen) atoms. The molecule has 0 aromatic heterocycles. The molecule has 2 unspecified atom stereocenters. The van der Waals surface area contributed by atoms with E-state index in [2.05, 4.69) is 51.2 Å². The van der Waals surface area contributed by atoms with Gasteiger partial charge in [-0.15, -0.1) is 0 Å². The molecule has 0 aliphatic heterocycles. The summed E-state index contributed by atoms with van der Waals surface area (Å²) in [4.78, 5) is 2.49. The van der Waals surface area contributed by atoms with Crippen molar-refractivity contribution in [2.45, 2.75) is 46.2 Å². The van der Waals surface area contributed by atoms with E-state index in [0.29, 0.717) is 12.1 Å². The van der Waals surface area contributed by atoms with E-state index >= 15 is 0 Å². The number of hydrogen-bond donors (Lipinski definition) is 1. The number of hydrogen-bond acceptors (Lipinski definition) is 3. The van der Waals surface area contributed by atoms with Gasteiger partial charge in [-0.1, -0.05) is 20.8 Å². The molecule has 0 aromatic rings. The van der Waals surface area contributed by atoms with E-state index in [1.807, 2.05) is 11.8 Å². The van der Waals surface area contributed by atoms with Gasteiger partial charge in [0, 0.05) is 18.6 Å². The van der Waals surface area contributed by atoms with Gasteiger partial charge in [0.25, 0.3) is 0 Å². The Labute approximate surface area is 107 Å². The minimum Gasteiger partial charge on any atom is -0.314 e. The highest BCUT2D eigenvalue weighted by molar-refractivity contribution is 7.98. The van der Waals surface area contributed by atoms with Crippen molar-refractivity contribution in [2.24, 2.45) is 5.92 Å². The second-order valence-electron chi connectivity index (χ2n) is 5.24. The Hall–Kier alpha value is 0.270. The minimum atomic E-state index is 0.599. The fraction of sp³-hybridized carbons (Fsp3) is 1.00. The molecule has 0 bridgehead atoms. The maximum absolute atomic E-state index is 3.50. The molecule has 2 nitrogen and oxygen atoms in total. The van der Waals surface area contributed by atoms with E-state index in [0.717, 1.165) is 12.5 Å². The molecular formula is C13H30N2S. The van der Waals surface area contributed by atoms with Gasteiger partial charge in [0.15, 0.2) is 0 Å². The average Bonchev–Trinajstić information content (AvgIpc) is 2.22. The van der Waals surface area contributed by atoms with Crippen LogP contribution < -0.4 is 5.32 Å². The van der Waals surface area contributed by atoms with E-state index in [4.69, 9.17) is 0 Å². The van der Waals surface area contributed by atoms with Crippen molar-refractivity contribution in [2.75, 3.05) is 32.1 Å². The molecule has 0 rings (SSSR count). The molecule has 0 fully saturated rings. The predicted molar refractivity (Wildman–Crippen MR) is 77.4 cm³/mol. The van der Waals surface area contributed by atoms with E-state index in [1.54, 1.807) is 0 Å². The van der Waals surface area contributed by atoms with Crippen molar-refractivity contribution < 1.29 is 0 Å². The SMILES string of the molecule is CSCCC(C)N(C)CC(C)CNC(C)C. The van der Waals surface area contributed by atoms with Gasteiger partial charge >= 0.3 is 0 Å². The van der Waals surface area contributed by atoms with Gasteiger partial charge in [-0.2, -0.15) is 11.8 Å². The van der Waals surface area contributed by atoms with E-state index in [9.17, 15) is 0 Å². The third-order valence-corrected chi connectivity index (χ3v) is 3.61. The van der Waals surface area contributed by atoms with Crippen molar-refractivity contribution >= 4 is 11.8 Å². The normalized spacial score (nSPS) is 15.8. The number of rotatable bonds is 9. The molecule has 0 heterocycles. The minimum absolute atomic E-state index is 0.599. The number of thioether (sulfide) groups is 1. The first kappa shape index (κ1) is 16.3. The molecule has 2 atom stereocenters. The molecule has 0 aliphatic carbocycles. The van der Waals surface area contributed by atoms with Crippen LogP contribution in [0, 0.1) is 5.92 Å². The molecule has 98 valence electrons. The maximum atomic E-state index is 3.50. The van der Waals surface area contributed by atoms with Crippen LogP contribution in [0.5, 0.6) is 0 Å². The molecule has 0 amide bonds. The summed E-state index contributed by atoms with van der Waals surface area (Å²) in [5.41, 5.74) is 0. The number of nitrogens with one attached hydrogen (secondary N) is 1. The third kappa shape index (κ3) is 8.43. The second-order valence-corrected chi connectivity index (χ2v) is 6.22. The summed E-state index contributed by atoms with van der Waals surface area (Å²) in [6.45, 7) is 11.4. The van der Waals surface area contributed by atoms with Crippen LogP contribution in [-0.4, -0.2) is 49.1 Å². The summed E-state index contributed by atoms with van der Waals surface area (Å²) in [6.07, 6.45) is 3.48. The molecule has 1 N–H and O–H groups in total. The van der Waals surface area contributed by atoms with Crippen LogP contribution >= 0.6 is 11.8 Å². The fourth-order valence-corrected chi connectivity index (χ4v) is 2.26. The Morgan fingerprint density at radius 1 is 1.19 bits per heavy atom. The lowest BCUT2D eigenvalue weighted by Crippen LogP contribution is -2.37. The quantitative estimate of drug-likeness (QED) is 0.673. The van der Waals surface area contributed by atoms with Crippen molar-refractivity contribution in [3.8, 4) is 0 Å². The smallest absolute Gasteiger partial charge is 0.00718 e. The number of nitrogens with zero attached hydrogens (tertiary/aromatic N) is 1. The Bertz CT molecular complexity index is 162. The van der Waals surface area contributed by atoms with Crippen molar-refractivity contribution in [1.29, 1.82) is 0 Å². The van der Waals surface area contributed by atoms with Crippen LogP contribution in [0.2, 0.25) is 0 Å². The van der Waals surface area contributed by atoms with Gasteiger partial charge in [0.1, 0.15) is 0 Å². The summed E-state index contributed by atoms with van der Waals surface area (Å²) < 4.78 is 0. The van der Waals surface area contributed by atoms with Crippen LogP contribution in [0.3, 0.4) is 0 Å². The molecule has 3 heteroatoms. The zero-order valence-corrected chi connectivity index (χ0v) is 12.7. The monoisotopic (exact) mass is 246 g/mol. The van der Waals surface area contributed by atoms with E-state index in [-0.39, 0.29) is 0 Å². The Balaban J connectivity index is 3.71. The van der Waals surface area contributed by atoms with Gasteiger partial charge in [-0.25, -0.2) is 0 Å². The van der Waals surface area contributed by atoms with Crippen LogP contribution in [0.25, 0.3) is 0 Å². The van der Waals surface area contributed by atoms with Crippen molar-refractivity contribution in [3.05, 3.63) is 0 Å². The molecule has 0 spiro atoms. The lowest BCUT2D eigenvalue weighted by molar-refractivity contribution is 0.217. The predicted octanol–water partition coefficient (Wildman–Crippen LogP) is 2.69. The molecule has 0 aromatic carbocycles. The van der Waals surface area contributed by atoms with Crippen molar-refractivity contribution in [1.82, 2.24) is 10.2 Å². The highest BCUT2D eigenvalue weighted by Gasteiger charge is 2.12. The summed E-state index contributed by atoms with van der Waals surface area (Å²) in [7, 11) is 2.25. The summed E-state index contributed by atoms with van der Waals surface area (Å²) in [5.74, 6) is 1.99. The van der Waals surface area contributed by atoms with Crippen LogP contribution in [0.15, 0.2) is 0 Å². The van der Waals surface area contributed by atoms with E-state index < -0.39 is 0 Å². The molecular weight excluding hydrogens is 216 g/mol. The Morgan fingerprint density at radius 3 is 2.31 bits per heavy atom. The van der Waals surface area contributed by atoms with Gasteiger partial charge in [0.2, 0.25) is 0 Å². The maximum Gasteiger partial charge on any atom is 0.00718 e. The van der Waals surface area contributed by atoms with Gasteiger partial charge in [-0.05, 0) is 44.9 Å². The zero-order valence-electron chi connectivity index (χ0n) is 11.9. The first-order chi connectivity index (χ1) is 7.47. The van der Waals surface area contributed by atoms with Gasteiger partial charge < -0.3 is 10.2 Å². The average molecular weight is 246 g/mol. The van der Waals surface area contributed by atoms with Gasteiger partial charge in [0.05, 0.1) is 0 Å². The molecule has 0 saturated heterocycles. The second kappa shape index (κ2) is 9.32. The first-order valence-corrected chi connectivity index (χ1v) is 7.79. The van der Waals surface area contributed by atoms with E-state index in [1.165, 1.54) is 18.7 Å². The molecule has 0 radical (unpaired) electrons. The van der Waals surface area contributed by atoms with Crippen LogP contribution in [0.1, 0.15) is 34.1 Å². The third-order valence-electron chi connectivity index (χ3n) is 2.97. The van der Waals surface area contributed by atoms with Crippen molar-refractivity contribution in [3.63, 3.8) is 0 Å². The topological polar surface area (TPSA) is 15.3 Å². The fourth-order valence-electron chi connectivity index (χ4n) is 1.68. The summed E-state index contributed by atoms with van der Waals surface area (Å²) in [6, 6.07) is 1.30. The van der Waals surface area contributed by atoms with Gasteiger partial charge in [-0.3, -0.25) is 0 Å². The highest BCUT2D eigenvalue weighted by atomic mass is 32.2. The molecule has 0 saturated carbocycles. The standard InChI is InChI=1S/C13H30N2S/c1-11(2)14-9-12(3)10-15(5)13(4)7-8-16-6/h11-14H,7-10H2,1-6H3. The van der Waals surface area contributed by atoms with Crippen LogP contribution in [-0.2, 0) is 0 Å². The Morgan fingerprint density at radius 2 is 1.81 bits per heavy atom. The highest BCUT2D eigenvalue weighted by Crippen LogP contribution is 2.08. The summed E-state index contributed by atoms with van der Waals surface area (Å²) >= 11 is 1.94. The lowest BCUT2D eigenvalue weighted by atomic mass is 10.1. The summed E-state index contributed by atoms with van der Waals surface area (Å²) in [5, 5.41) is 3.50. The lowest BCUT2D eigenvalue weighted by Gasteiger charge is -2.28. The van der Waals surface area contributed by atoms with Crippen LogP contribution in [0.4, 0.5) is 0 Å². The largest absolute Gasteiger partial charge is 0.314 e. The Kier molecular flexibility index (Phi) is 9.47. The molecule has 0 aliphatic rings. The first-order valence-electron chi connectivity index (χ1n) is 6.39. The zero-order chi connectivity index (χ0) is 12.6.